The Bertz CT molecular complexity index is 998. The van der Waals surface area contributed by atoms with E-state index in [-0.39, 0.29) is 33.9 Å². The number of alkyl halides is 2. The maximum atomic E-state index is 12.8. The van der Waals surface area contributed by atoms with Gasteiger partial charge in [0.15, 0.2) is 0 Å². The average molecular weight is 377 g/mol. The number of imidazole rings is 1. The van der Waals surface area contributed by atoms with E-state index in [1.807, 2.05) is 0 Å². The predicted octanol–water partition coefficient (Wildman–Crippen LogP) is 2.38. The molecule has 0 bridgehead atoms. The van der Waals surface area contributed by atoms with Crippen LogP contribution in [0.1, 0.15) is 19.4 Å². The third kappa shape index (κ3) is 3.65. The molecule has 1 fully saturated rings. The van der Waals surface area contributed by atoms with Gasteiger partial charge < -0.3 is 9.47 Å². The minimum absolute atomic E-state index is 0.0709. The fourth-order valence-corrected chi connectivity index (χ4v) is 2.98. The highest BCUT2D eigenvalue weighted by atomic mass is 19.3. The lowest BCUT2D eigenvalue weighted by molar-refractivity contribution is 0.0482. The molecule has 1 aliphatic heterocycles. The Morgan fingerprint density at radius 2 is 2.15 bits per heavy atom. The first kappa shape index (κ1) is 17.5. The number of halogens is 2. The van der Waals surface area contributed by atoms with Crippen LogP contribution in [0.15, 0.2) is 29.6 Å². The van der Waals surface area contributed by atoms with Crippen LogP contribution < -0.4 is 10.3 Å². The highest BCUT2D eigenvalue weighted by molar-refractivity contribution is 5.89. The summed E-state index contributed by atoms with van der Waals surface area (Å²) in [6.45, 7) is -0.920. The van der Waals surface area contributed by atoms with Crippen molar-refractivity contribution in [1.82, 2.24) is 24.5 Å². The molecule has 0 unspecified atom stereocenters. The van der Waals surface area contributed by atoms with Gasteiger partial charge in [0, 0.05) is 25.6 Å². The van der Waals surface area contributed by atoms with Crippen LogP contribution in [0.4, 0.5) is 8.78 Å². The third-order valence-corrected chi connectivity index (χ3v) is 4.47. The number of aromatic amines is 1. The third-order valence-electron chi connectivity index (χ3n) is 4.47. The number of rotatable bonds is 5. The van der Waals surface area contributed by atoms with Gasteiger partial charge in [-0.1, -0.05) is 0 Å². The van der Waals surface area contributed by atoms with Crippen LogP contribution in [0.5, 0.6) is 6.01 Å². The van der Waals surface area contributed by atoms with Gasteiger partial charge in [-0.15, -0.1) is 0 Å². The summed E-state index contributed by atoms with van der Waals surface area (Å²) in [5, 5.41) is 0.282. The Kier molecular flexibility index (Phi) is 4.80. The molecule has 0 atom stereocenters. The van der Waals surface area contributed by atoms with E-state index >= 15 is 0 Å². The van der Waals surface area contributed by atoms with Crippen LogP contribution in [0.2, 0.25) is 0 Å². The van der Waals surface area contributed by atoms with Gasteiger partial charge >= 0.3 is 6.55 Å². The number of hydrogen-bond acceptors (Lipinski definition) is 6. The molecule has 0 spiro atoms. The normalized spacial score (nSPS) is 15.5. The van der Waals surface area contributed by atoms with Crippen molar-refractivity contribution in [3.05, 3.63) is 35.1 Å². The van der Waals surface area contributed by atoms with E-state index in [4.69, 9.17) is 9.47 Å². The van der Waals surface area contributed by atoms with Crippen molar-refractivity contribution in [2.45, 2.75) is 19.4 Å². The first-order chi connectivity index (χ1) is 13.1. The summed E-state index contributed by atoms with van der Waals surface area (Å²) in [6, 6.07) is 1.58. The molecule has 0 aliphatic carbocycles. The topological polar surface area (TPSA) is 94.9 Å². The van der Waals surface area contributed by atoms with E-state index < -0.39 is 6.55 Å². The van der Waals surface area contributed by atoms with Gasteiger partial charge in [0.25, 0.3) is 11.6 Å². The van der Waals surface area contributed by atoms with Crippen LogP contribution in [-0.2, 0) is 4.74 Å². The zero-order valence-corrected chi connectivity index (χ0v) is 14.3. The summed E-state index contributed by atoms with van der Waals surface area (Å²) >= 11 is 0. The van der Waals surface area contributed by atoms with Crippen molar-refractivity contribution >= 4 is 10.9 Å². The first-order valence-corrected chi connectivity index (χ1v) is 8.53. The van der Waals surface area contributed by atoms with E-state index in [2.05, 4.69) is 19.9 Å². The van der Waals surface area contributed by atoms with Crippen molar-refractivity contribution in [3.63, 3.8) is 0 Å². The summed E-state index contributed by atoms with van der Waals surface area (Å²) < 4.78 is 37.3. The largest absolute Gasteiger partial charge is 0.464 e. The number of pyridine rings is 1. The molecule has 0 radical (unpaired) electrons. The molecule has 1 aliphatic rings. The second kappa shape index (κ2) is 7.39. The zero-order valence-electron chi connectivity index (χ0n) is 14.3. The monoisotopic (exact) mass is 377 g/mol. The Morgan fingerprint density at radius 1 is 1.33 bits per heavy atom. The van der Waals surface area contributed by atoms with E-state index in [0.29, 0.717) is 30.3 Å². The second-order valence-electron chi connectivity index (χ2n) is 6.28. The Morgan fingerprint density at radius 3 is 2.89 bits per heavy atom. The number of nitrogens with one attached hydrogen (secondary N) is 1. The molecular formula is C17H17F2N5O3. The fourth-order valence-electron chi connectivity index (χ4n) is 2.98. The molecule has 4 heterocycles. The Hall–Kier alpha value is -2.88. The van der Waals surface area contributed by atoms with E-state index in [0.717, 1.165) is 25.4 Å². The molecule has 8 nitrogen and oxygen atoms in total. The lowest BCUT2D eigenvalue weighted by Crippen LogP contribution is -2.22. The van der Waals surface area contributed by atoms with Crippen LogP contribution in [0.3, 0.4) is 0 Å². The summed E-state index contributed by atoms with van der Waals surface area (Å²) in [7, 11) is 0. The van der Waals surface area contributed by atoms with Crippen molar-refractivity contribution in [2.75, 3.05) is 19.8 Å². The maximum Gasteiger partial charge on any atom is 0.319 e. The standard InChI is InChI=1S/C17H17F2N5O3/c18-16(19)24-7-12(21-9-24)14-13-11(1-4-20-14)15(25)23-17(22-13)27-8-10-2-5-26-6-3-10/h1,4,7,9-10,16H,2-3,5-6,8H2,(H,22,23,25). The zero-order chi connectivity index (χ0) is 18.8. The SMILES string of the molecule is O=c1[nH]c(OCC2CCOCC2)nc2c(-c3cn(C(F)F)cn3)nccc12. The molecule has 27 heavy (non-hydrogen) atoms. The molecule has 1 N–H and O–H groups in total. The van der Waals surface area contributed by atoms with Crippen molar-refractivity contribution in [2.24, 2.45) is 5.92 Å². The molecule has 10 heteroatoms. The Labute approximate surface area is 152 Å². The molecule has 4 rings (SSSR count). The minimum Gasteiger partial charge on any atom is -0.464 e. The van der Waals surface area contributed by atoms with Gasteiger partial charge in [-0.25, -0.2) is 4.98 Å². The second-order valence-corrected chi connectivity index (χ2v) is 6.28. The van der Waals surface area contributed by atoms with Gasteiger partial charge in [0.1, 0.15) is 16.9 Å². The highest BCUT2D eigenvalue weighted by Crippen LogP contribution is 2.24. The van der Waals surface area contributed by atoms with Crippen LogP contribution in [0.25, 0.3) is 22.3 Å². The Balaban J connectivity index is 1.67. The summed E-state index contributed by atoms with van der Waals surface area (Å²) in [5.41, 5.74) is 0.310. The van der Waals surface area contributed by atoms with Crippen LogP contribution in [-0.4, -0.2) is 44.3 Å². The van der Waals surface area contributed by atoms with E-state index in [1.165, 1.54) is 12.3 Å². The molecule has 3 aromatic heterocycles. The molecule has 0 aromatic carbocycles. The van der Waals surface area contributed by atoms with Gasteiger partial charge in [0.2, 0.25) is 0 Å². The van der Waals surface area contributed by atoms with E-state index in [1.54, 1.807) is 0 Å². The number of nitrogens with zero attached hydrogens (tertiary/aromatic N) is 4. The van der Waals surface area contributed by atoms with Crippen molar-refractivity contribution in [1.29, 1.82) is 0 Å². The van der Waals surface area contributed by atoms with Gasteiger partial charge in [0.05, 0.1) is 18.3 Å². The van der Waals surface area contributed by atoms with Gasteiger partial charge in [-0.05, 0) is 24.8 Å². The van der Waals surface area contributed by atoms with Crippen LogP contribution in [0, 0.1) is 5.92 Å². The molecule has 0 amide bonds. The van der Waals surface area contributed by atoms with Gasteiger partial charge in [-0.3, -0.25) is 19.3 Å². The number of hydrogen-bond donors (Lipinski definition) is 1. The van der Waals surface area contributed by atoms with Gasteiger partial charge in [-0.2, -0.15) is 13.8 Å². The quantitative estimate of drug-likeness (QED) is 0.734. The summed E-state index contributed by atoms with van der Waals surface area (Å²) in [4.78, 5) is 27.4. The smallest absolute Gasteiger partial charge is 0.319 e. The number of fused-ring (bicyclic) bond motifs is 1. The highest BCUT2D eigenvalue weighted by Gasteiger charge is 2.18. The maximum absolute atomic E-state index is 12.8. The van der Waals surface area contributed by atoms with E-state index in [9.17, 15) is 13.6 Å². The number of aromatic nitrogens is 5. The first-order valence-electron chi connectivity index (χ1n) is 8.53. The average Bonchev–Trinajstić information content (AvgIpc) is 3.17. The number of ether oxygens (including phenoxy) is 2. The fraction of sp³-hybridized carbons (Fsp3) is 0.412. The minimum atomic E-state index is -2.71. The molecule has 142 valence electrons. The van der Waals surface area contributed by atoms with Crippen molar-refractivity contribution in [3.8, 4) is 17.4 Å². The molecule has 1 saturated heterocycles. The molecular weight excluding hydrogens is 360 g/mol. The summed E-state index contributed by atoms with van der Waals surface area (Å²) in [5.74, 6) is 0.329. The summed E-state index contributed by atoms with van der Waals surface area (Å²) in [6.07, 6.45) is 5.36. The molecule has 3 aromatic rings. The predicted molar refractivity (Wildman–Crippen MR) is 91.7 cm³/mol. The van der Waals surface area contributed by atoms with Crippen molar-refractivity contribution < 1.29 is 18.3 Å². The number of H-pyrrole nitrogens is 1. The molecule has 0 saturated carbocycles. The lowest BCUT2D eigenvalue weighted by Gasteiger charge is -2.21. The lowest BCUT2D eigenvalue weighted by atomic mass is 10.0. The van der Waals surface area contributed by atoms with Crippen LogP contribution >= 0.6 is 0 Å².